The first-order chi connectivity index (χ1) is 14.2. The van der Waals surface area contributed by atoms with E-state index in [0.717, 1.165) is 11.3 Å². The summed E-state index contributed by atoms with van der Waals surface area (Å²) < 4.78 is 49.3. The van der Waals surface area contributed by atoms with Crippen LogP contribution in [0.15, 0.2) is 26.9 Å². The SMILES string of the molecule is COc1c2c(cc(C(=O)O)c1-c1sccc1S(=O)(=O)Nc1onc(C)c1Cl)OCO2. The molecule has 3 aromatic rings. The Kier molecular flexibility index (Phi) is 5.00. The van der Waals surface area contributed by atoms with Gasteiger partial charge in [0.1, 0.15) is 15.6 Å². The molecule has 0 fully saturated rings. The van der Waals surface area contributed by atoms with E-state index in [1.165, 1.54) is 24.6 Å². The number of fused-ring (bicyclic) bond motifs is 1. The summed E-state index contributed by atoms with van der Waals surface area (Å²) in [6, 6.07) is 2.60. The molecule has 30 heavy (non-hydrogen) atoms. The fourth-order valence-corrected chi connectivity index (χ4v) is 5.56. The van der Waals surface area contributed by atoms with Gasteiger partial charge in [0.05, 0.1) is 23.1 Å². The van der Waals surface area contributed by atoms with Crippen molar-refractivity contribution in [2.45, 2.75) is 11.8 Å². The Labute approximate surface area is 179 Å². The predicted molar refractivity (Wildman–Crippen MR) is 106 cm³/mol. The maximum atomic E-state index is 13.0. The van der Waals surface area contributed by atoms with Gasteiger partial charge in [-0.1, -0.05) is 16.8 Å². The summed E-state index contributed by atoms with van der Waals surface area (Å²) in [5, 5.41) is 14.9. The number of rotatable bonds is 6. The van der Waals surface area contributed by atoms with Crippen LogP contribution >= 0.6 is 22.9 Å². The molecule has 0 amide bonds. The molecule has 1 aromatic carbocycles. The lowest BCUT2D eigenvalue weighted by molar-refractivity contribution is 0.0697. The molecule has 2 N–H and O–H groups in total. The van der Waals surface area contributed by atoms with Crippen LogP contribution in [0.5, 0.6) is 17.2 Å². The molecular weight excluding hydrogens is 460 g/mol. The average molecular weight is 473 g/mol. The molecule has 0 saturated carbocycles. The number of anilines is 1. The summed E-state index contributed by atoms with van der Waals surface area (Å²) in [4.78, 5) is 11.9. The first-order valence-corrected chi connectivity index (χ1v) is 10.9. The Hall–Kier alpha value is -2.96. The molecule has 0 saturated heterocycles. The summed E-state index contributed by atoms with van der Waals surface area (Å²) >= 11 is 7.02. The summed E-state index contributed by atoms with van der Waals surface area (Å²) in [6.45, 7) is 1.44. The predicted octanol–water partition coefficient (Wildman–Crippen LogP) is 3.60. The molecule has 0 aliphatic carbocycles. The van der Waals surface area contributed by atoms with E-state index >= 15 is 0 Å². The number of aromatic nitrogens is 1. The van der Waals surface area contributed by atoms with E-state index in [2.05, 4.69) is 9.88 Å². The third-order valence-electron chi connectivity index (χ3n) is 4.22. The van der Waals surface area contributed by atoms with Crippen molar-refractivity contribution in [3.8, 4) is 27.7 Å². The number of thiophene rings is 1. The minimum absolute atomic E-state index is 0.0160. The van der Waals surface area contributed by atoms with Crippen molar-refractivity contribution >= 4 is 44.8 Å². The number of carboxylic acid groups (broad SMARTS) is 1. The van der Waals surface area contributed by atoms with Gasteiger partial charge in [0.15, 0.2) is 11.5 Å². The van der Waals surface area contributed by atoms with Gasteiger partial charge in [0, 0.05) is 0 Å². The van der Waals surface area contributed by atoms with Gasteiger partial charge < -0.3 is 23.8 Å². The minimum Gasteiger partial charge on any atom is -0.492 e. The Morgan fingerprint density at radius 1 is 1.40 bits per heavy atom. The number of halogens is 1. The van der Waals surface area contributed by atoms with Gasteiger partial charge in [-0.3, -0.25) is 0 Å². The number of sulfonamides is 1. The molecule has 0 atom stereocenters. The summed E-state index contributed by atoms with van der Waals surface area (Å²) in [6.07, 6.45) is 0. The Morgan fingerprint density at radius 3 is 2.80 bits per heavy atom. The van der Waals surface area contributed by atoms with Crippen LogP contribution in [-0.2, 0) is 10.0 Å². The van der Waals surface area contributed by atoms with E-state index in [4.69, 9.17) is 30.3 Å². The lowest BCUT2D eigenvalue weighted by Crippen LogP contribution is -2.13. The van der Waals surface area contributed by atoms with Crippen LogP contribution in [0.3, 0.4) is 0 Å². The highest BCUT2D eigenvalue weighted by atomic mass is 35.5. The molecule has 158 valence electrons. The van der Waals surface area contributed by atoms with E-state index in [-0.39, 0.29) is 55.8 Å². The van der Waals surface area contributed by atoms with Crippen molar-refractivity contribution < 1.29 is 37.1 Å². The molecule has 4 rings (SSSR count). The molecule has 0 spiro atoms. The second kappa shape index (κ2) is 7.38. The van der Waals surface area contributed by atoms with Crippen molar-refractivity contribution in [1.29, 1.82) is 0 Å². The highest BCUT2D eigenvalue weighted by molar-refractivity contribution is 7.93. The average Bonchev–Trinajstić information content (AvgIpc) is 3.43. The van der Waals surface area contributed by atoms with Gasteiger partial charge in [-0.15, -0.1) is 11.3 Å². The number of carboxylic acids is 1. The minimum atomic E-state index is -4.22. The number of hydrogen-bond acceptors (Lipinski definition) is 9. The first kappa shape index (κ1) is 20.3. The zero-order valence-corrected chi connectivity index (χ0v) is 17.8. The van der Waals surface area contributed by atoms with Gasteiger partial charge in [-0.05, 0) is 24.4 Å². The number of nitrogens with one attached hydrogen (secondary N) is 1. The molecule has 0 bridgehead atoms. The van der Waals surface area contributed by atoms with Gasteiger partial charge in [0.25, 0.3) is 15.9 Å². The molecular formula is C17H13ClN2O8S2. The van der Waals surface area contributed by atoms with E-state index in [0.29, 0.717) is 5.69 Å². The zero-order chi connectivity index (χ0) is 21.6. The van der Waals surface area contributed by atoms with Crippen molar-refractivity contribution in [3.63, 3.8) is 0 Å². The van der Waals surface area contributed by atoms with Gasteiger partial charge >= 0.3 is 5.97 Å². The summed E-state index contributed by atoms with van der Waals surface area (Å²) in [5.74, 6) is -1.11. The lowest BCUT2D eigenvalue weighted by atomic mass is 10.0. The van der Waals surface area contributed by atoms with Crippen LogP contribution in [-0.4, -0.2) is 38.6 Å². The number of carbonyl (C=O) groups is 1. The van der Waals surface area contributed by atoms with Crippen LogP contribution < -0.4 is 18.9 Å². The number of hydrogen-bond donors (Lipinski definition) is 2. The highest BCUT2D eigenvalue weighted by Gasteiger charge is 2.33. The maximum Gasteiger partial charge on any atom is 0.336 e. The highest BCUT2D eigenvalue weighted by Crippen LogP contribution is 2.51. The molecule has 0 radical (unpaired) electrons. The number of ether oxygens (including phenoxy) is 3. The van der Waals surface area contributed by atoms with Crippen molar-refractivity contribution in [2.24, 2.45) is 0 Å². The van der Waals surface area contributed by atoms with Crippen molar-refractivity contribution in [3.05, 3.63) is 33.8 Å². The second-order valence-electron chi connectivity index (χ2n) is 6.00. The van der Waals surface area contributed by atoms with Crippen LogP contribution in [0, 0.1) is 6.92 Å². The number of benzene rings is 1. The monoisotopic (exact) mass is 472 g/mol. The number of nitrogens with zero attached hydrogens (tertiary/aromatic N) is 1. The largest absolute Gasteiger partial charge is 0.492 e. The Morgan fingerprint density at radius 2 is 2.17 bits per heavy atom. The van der Waals surface area contributed by atoms with Gasteiger partial charge in [-0.25, -0.2) is 17.9 Å². The van der Waals surface area contributed by atoms with E-state index < -0.39 is 16.0 Å². The number of methoxy groups -OCH3 is 1. The van der Waals surface area contributed by atoms with Crippen LogP contribution in [0.4, 0.5) is 5.88 Å². The van der Waals surface area contributed by atoms with Gasteiger partial charge in [0.2, 0.25) is 12.5 Å². The quantitative estimate of drug-likeness (QED) is 0.551. The molecule has 0 unspecified atom stereocenters. The van der Waals surface area contributed by atoms with E-state index in [9.17, 15) is 18.3 Å². The topological polar surface area (TPSA) is 137 Å². The van der Waals surface area contributed by atoms with Crippen LogP contribution in [0.25, 0.3) is 10.4 Å². The van der Waals surface area contributed by atoms with Crippen LogP contribution in [0.2, 0.25) is 5.02 Å². The maximum absolute atomic E-state index is 13.0. The third kappa shape index (κ3) is 3.22. The molecule has 10 nitrogen and oxygen atoms in total. The fourth-order valence-electron chi connectivity index (χ4n) is 2.89. The molecule has 3 heterocycles. The second-order valence-corrected chi connectivity index (χ2v) is 8.95. The van der Waals surface area contributed by atoms with Crippen LogP contribution in [0.1, 0.15) is 16.1 Å². The Balaban J connectivity index is 1.90. The van der Waals surface area contributed by atoms with E-state index in [1.807, 2.05) is 0 Å². The standard InChI is InChI=1S/C17H13ClN2O8S2/c1-7-12(18)16(28-19-7)20-30(23,24)10-3-4-29-15(10)11-8(17(21)22)5-9-13(14(11)25-2)27-6-26-9/h3-5,20H,6H2,1-2H3,(H,21,22). The normalized spacial score (nSPS) is 12.8. The first-order valence-electron chi connectivity index (χ1n) is 8.21. The Bertz CT molecular complexity index is 1270. The zero-order valence-electron chi connectivity index (χ0n) is 15.4. The summed E-state index contributed by atoms with van der Waals surface area (Å²) in [7, 11) is -2.89. The fraction of sp³-hybridized carbons (Fsp3) is 0.176. The molecule has 1 aliphatic heterocycles. The smallest absolute Gasteiger partial charge is 0.336 e. The van der Waals surface area contributed by atoms with Gasteiger partial charge in [-0.2, -0.15) is 0 Å². The molecule has 13 heteroatoms. The molecule has 1 aliphatic rings. The molecule has 2 aromatic heterocycles. The van der Waals surface area contributed by atoms with Crippen molar-refractivity contribution in [2.75, 3.05) is 18.6 Å². The van der Waals surface area contributed by atoms with E-state index in [1.54, 1.807) is 6.92 Å². The lowest BCUT2D eigenvalue weighted by Gasteiger charge is -2.15. The number of aromatic carboxylic acids is 1. The van der Waals surface area contributed by atoms with Crippen molar-refractivity contribution in [1.82, 2.24) is 5.16 Å². The summed E-state index contributed by atoms with van der Waals surface area (Å²) in [5.41, 5.74) is 0.151. The third-order valence-corrected chi connectivity index (χ3v) is 7.10. The number of aryl methyl sites for hydroxylation is 1.